The van der Waals surface area contributed by atoms with Crippen molar-refractivity contribution in [3.63, 3.8) is 0 Å². The van der Waals surface area contributed by atoms with Crippen molar-refractivity contribution in [3.05, 3.63) is 29.3 Å². The van der Waals surface area contributed by atoms with Crippen molar-refractivity contribution in [3.8, 4) is 5.75 Å². The summed E-state index contributed by atoms with van der Waals surface area (Å²) < 4.78 is 5.75. The second-order valence-corrected chi connectivity index (χ2v) is 6.75. The number of urea groups is 1. The maximum absolute atomic E-state index is 12.1. The molecule has 6 heteroatoms. The van der Waals surface area contributed by atoms with Gasteiger partial charge in [0, 0.05) is 25.1 Å². The lowest BCUT2D eigenvalue weighted by Crippen LogP contribution is -2.40. The molecule has 0 radical (unpaired) electrons. The smallest absolute Gasteiger partial charge is 0.317 e. The average molecular weight is 347 g/mol. The van der Waals surface area contributed by atoms with Crippen LogP contribution in [0.4, 0.5) is 4.79 Å². The number of carbonyl (C=O) groups is 2. The van der Waals surface area contributed by atoms with Gasteiger partial charge >= 0.3 is 6.03 Å². The second kappa shape index (κ2) is 9.30. The van der Waals surface area contributed by atoms with Gasteiger partial charge in [-0.25, -0.2) is 4.79 Å². The molecule has 0 aliphatic carbocycles. The van der Waals surface area contributed by atoms with Crippen LogP contribution in [0.5, 0.6) is 5.75 Å². The Kier molecular flexibility index (Phi) is 7.10. The van der Waals surface area contributed by atoms with E-state index < -0.39 is 0 Å². The van der Waals surface area contributed by atoms with E-state index in [1.165, 1.54) is 0 Å². The van der Waals surface area contributed by atoms with E-state index in [1.807, 2.05) is 25.1 Å². The second-order valence-electron chi connectivity index (χ2n) is 6.75. The SMILES string of the molecule is CCNC(=O)N1CCOc2ccc(CCC(=O)NCC(C)C)cc2C1. The molecule has 0 saturated carbocycles. The Morgan fingerprint density at radius 3 is 2.80 bits per heavy atom. The maximum Gasteiger partial charge on any atom is 0.317 e. The molecular weight excluding hydrogens is 318 g/mol. The zero-order valence-corrected chi connectivity index (χ0v) is 15.4. The van der Waals surface area contributed by atoms with Gasteiger partial charge in [-0.3, -0.25) is 4.79 Å². The third kappa shape index (κ3) is 5.96. The molecule has 0 bridgehead atoms. The molecule has 1 aliphatic heterocycles. The molecule has 3 amide bonds. The van der Waals surface area contributed by atoms with Crippen molar-refractivity contribution in [2.75, 3.05) is 26.2 Å². The van der Waals surface area contributed by atoms with Crippen LogP contribution >= 0.6 is 0 Å². The molecule has 6 nitrogen and oxygen atoms in total. The highest BCUT2D eigenvalue weighted by atomic mass is 16.5. The number of hydrogen-bond acceptors (Lipinski definition) is 3. The van der Waals surface area contributed by atoms with Crippen LogP contribution in [0.25, 0.3) is 0 Å². The number of hydrogen-bond donors (Lipinski definition) is 2. The van der Waals surface area contributed by atoms with E-state index in [0.717, 1.165) is 16.9 Å². The molecule has 0 aromatic heterocycles. The Bertz CT molecular complexity index is 602. The fourth-order valence-electron chi connectivity index (χ4n) is 2.70. The summed E-state index contributed by atoms with van der Waals surface area (Å²) in [5.41, 5.74) is 2.07. The fraction of sp³-hybridized carbons (Fsp3) is 0.579. The number of nitrogens with zero attached hydrogens (tertiary/aromatic N) is 1. The van der Waals surface area contributed by atoms with Gasteiger partial charge in [0.2, 0.25) is 5.91 Å². The molecule has 1 aromatic carbocycles. The standard InChI is InChI=1S/C19H29N3O3/c1-4-20-19(24)22-9-10-25-17-7-5-15(11-16(17)13-22)6-8-18(23)21-12-14(2)3/h5,7,11,14H,4,6,8-10,12-13H2,1-3H3,(H,20,24)(H,21,23). The van der Waals surface area contributed by atoms with Crippen LogP contribution in [0.3, 0.4) is 0 Å². The summed E-state index contributed by atoms with van der Waals surface area (Å²) in [6.07, 6.45) is 1.14. The highest BCUT2D eigenvalue weighted by Crippen LogP contribution is 2.25. The lowest BCUT2D eigenvalue weighted by molar-refractivity contribution is -0.121. The third-order valence-corrected chi connectivity index (χ3v) is 4.07. The highest BCUT2D eigenvalue weighted by Gasteiger charge is 2.19. The number of aryl methyl sites for hydroxylation is 1. The fourth-order valence-corrected chi connectivity index (χ4v) is 2.70. The third-order valence-electron chi connectivity index (χ3n) is 4.07. The Morgan fingerprint density at radius 2 is 2.08 bits per heavy atom. The summed E-state index contributed by atoms with van der Waals surface area (Å²) in [6.45, 7) is 8.94. The summed E-state index contributed by atoms with van der Waals surface area (Å²) in [6, 6.07) is 5.91. The number of rotatable bonds is 6. The van der Waals surface area contributed by atoms with Gasteiger partial charge in [-0.05, 0) is 30.9 Å². The van der Waals surface area contributed by atoms with Crippen molar-refractivity contribution in [2.45, 2.75) is 40.2 Å². The Morgan fingerprint density at radius 1 is 1.28 bits per heavy atom. The molecular formula is C19H29N3O3. The van der Waals surface area contributed by atoms with E-state index in [0.29, 0.717) is 51.5 Å². The Labute approximate surface area is 149 Å². The van der Waals surface area contributed by atoms with Crippen molar-refractivity contribution < 1.29 is 14.3 Å². The van der Waals surface area contributed by atoms with Crippen molar-refractivity contribution in [1.82, 2.24) is 15.5 Å². The average Bonchev–Trinajstić information content (AvgIpc) is 2.80. The first-order valence-corrected chi connectivity index (χ1v) is 9.03. The number of fused-ring (bicyclic) bond motifs is 1. The lowest BCUT2D eigenvalue weighted by atomic mass is 10.0. The summed E-state index contributed by atoms with van der Waals surface area (Å²) in [7, 11) is 0. The van der Waals surface area contributed by atoms with Gasteiger partial charge in [0.05, 0.1) is 13.1 Å². The quantitative estimate of drug-likeness (QED) is 0.830. The number of carbonyl (C=O) groups excluding carboxylic acids is 2. The van der Waals surface area contributed by atoms with Crippen molar-refractivity contribution >= 4 is 11.9 Å². The maximum atomic E-state index is 12.1. The van der Waals surface area contributed by atoms with Crippen LogP contribution in [-0.4, -0.2) is 43.1 Å². The zero-order valence-electron chi connectivity index (χ0n) is 15.4. The molecule has 0 saturated heterocycles. The summed E-state index contributed by atoms with van der Waals surface area (Å²) in [5, 5.41) is 5.77. The Balaban J connectivity index is 1.97. The Hall–Kier alpha value is -2.24. The molecule has 1 heterocycles. The van der Waals surface area contributed by atoms with Gasteiger partial charge in [-0.15, -0.1) is 0 Å². The predicted octanol–water partition coefficient (Wildman–Crippen LogP) is 2.32. The zero-order chi connectivity index (χ0) is 18.2. The van der Waals surface area contributed by atoms with E-state index >= 15 is 0 Å². The van der Waals surface area contributed by atoms with Gasteiger partial charge in [0.25, 0.3) is 0 Å². The van der Waals surface area contributed by atoms with Crippen molar-refractivity contribution in [1.29, 1.82) is 0 Å². The molecule has 138 valence electrons. The van der Waals surface area contributed by atoms with E-state index in [4.69, 9.17) is 4.74 Å². The van der Waals surface area contributed by atoms with Gasteiger partial charge < -0.3 is 20.3 Å². The molecule has 2 N–H and O–H groups in total. The topological polar surface area (TPSA) is 70.7 Å². The minimum absolute atomic E-state index is 0.0718. The number of nitrogens with one attached hydrogen (secondary N) is 2. The molecule has 1 aromatic rings. The molecule has 25 heavy (non-hydrogen) atoms. The largest absolute Gasteiger partial charge is 0.491 e. The first-order valence-electron chi connectivity index (χ1n) is 9.03. The van der Waals surface area contributed by atoms with Gasteiger partial charge in [-0.1, -0.05) is 26.0 Å². The molecule has 0 unspecified atom stereocenters. The minimum atomic E-state index is -0.0718. The van der Waals surface area contributed by atoms with E-state index in [1.54, 1.807) is 4.90 Å². The van der Waals surface area contributed by atoms with Crippen LogP contribution in [0, 0.1) is 5.92 Å². The molecule has 1 aliphatic rings. The van der Waals surface area contributed by atoms with Gasteiger partial charge in [0.15, 0.2) is 0 Å². The van der Waals surface area contributed by atoms with Gasteiger partial charge in [-0.2, -0.15) is 0 Å². The number of ether oxygens (including phenoxy) is 1. The summed E-state index contributed by atoms with van der Waals surface area (Å²) in [4.78, 5) is 25.7. The minimum Gasteiger partial charge on any atom is -0.491 e. The highest BCUT2D eigenvalue weighted by molar-refractivity contribution is 5.76. The van der Waals surface area contributed by atoms with Gasteiger partial charge in [0.1, 0.15) is 12.4 Å². The van der Waals surface area contributed by atoms with Crippen LogP contribution < -0.4 is 15.4 Å². The van der Waals surface area contributed by atoms with E-state index in [-0.39, 0.29) is 11.9 Å². The van der Waals surface area contributed by atoms with Crippen LogP contribution in [-0.2, 0) is 17.8 Å². The number of benzene rings is 1. The summed E-state index contributed by atoms with van der Waals surface area (Å²) >= 11 is 0. The van der Waals surface area contributed by atoms with E-state index in [2.05, 4.69) is 24.5 Å². The van der Waals surface area contributed by atoms with Crippen LogP contribution in [0.1, 0.15) is 38.3 Å². The molecule has 0 spiro atoms. The lowest BCUT2D eigenvalue weighted by Gasteiger charge is -2.20. The van der Waals surface area contributed by atoms with Crippen molar-refractivity contribution in [2.24, 2.45) is 5.92 Å². The molecule has 2 rings (SSSR count). The predicted molar refractivity (Wildman–Crippen MR) is 97.6 cm³/mol. The first-order chi connectivity index (χ1) is 12.0. The first kappa shape index (κ1) is 19.1. The van der Waals surface area contributed by atoms with E-state index in [9.17, 15) is 9.59 Å². The van der Waals surface area contributed by atoms with Crippen LogP contribution in [0.2, 0.25) is 0 Å². The monoisotopic (exact) mass is 347 g/mol. The molecule has 0 fully saturated rings. The molecule has 0 atom stereocenters. The number of amides is 3. The van der Waals surface area contributed by atoms with Crippen LogP contribution in [0.15, 0.2) is 18.2 Å². The normalized spacial score (nSPS) is 13.7. The summed E-state index contributed by atoms with van der Waals surface area (Å²) in [5.74, 6) is 1.34.